The average molecular weight is 272 g/mol. The molecule has 0 radical (unpaired) electrons. The Morgan fingerprint density at radius 2 is 1.75 bits per heavy atom. The van der Waals surface area contributed by atoms with Crippen LogP contribution in [0.1, 0.15) is 31.2 Å². The number of nitriles is 1. The van der Waals surface area contributed by atoms with E-state index in [1.54, 1.807) is 24.3 Å². The third-order valence-electron chi connectivity index (χ3n) is 3.70. The zero-order valence-corrected chi connectivity index (χ0v) is 11.0. The smallest absolute Gasteiger partial charge is 0.307 e. The number of carbonyl (C=O) groups excluding carboxylic acids is 1. The van der Waals surface area contributed by atoms with Gasteiger partial charge in [-0.25, -0.2) is 0 Å². The van der Waals surface area contributed by atoms with Gasteiger partial charge in [-0.3, -0.25) is 9.59 Å². The molecule has 1 aromatic rings. The second kappa shape index (κ2) is 6.20. The van der Waals surface area contributed by atoms with E-state index in [1.807, 2.05) is 6.07 Å². The minimum atomic E-state index is -0.898. The van der Waals surface area contributed by atoms with E-state index in [2.05, 4.69) is 5.32 Å². The number of rotatable bonds is 3. The Balaban J connectivity index is 2.06. The number of amides is 1. The van der Waals surface area contributed by atoms with Gasteiger partial charge in [0, 0.05) is 5.69 Å². The van der Waals surface area contributed by atoms with Crippen molar-refractivity contribution in [3.8, 4) is 6.07 Å². The van der Waals surface area contributed by atoms with E-state index in [-0.39, 0.29) is 5.91 Å². The average Bonchev–Trinajstić information content (AvgIpc) is 2.48. The van der Waals surface area contributed by atoms with E-state index in [0.29, 0.717) is 24.1 Å². The Kier molecular flexibility index (Phi) is 4.36. The van der Waals surface area contributed by atoms with Crippen LogP contribution in [0.15, 0.2) is 24.3 Å². The SMILES string of the molecule is N#Cc1ccc(NC(=O)[C@H]2CCCC[C@@H]2C(=O)O)cc1. The highest BCUT2D eigenvalue weighted by Crippen LogP contribution is 2.31. The summed E-state index contributed by atoms with van der Waals surface area (Å²) in [5.74, 6) is -2.22. The van der Waals surface area contributed by atoms with E-state index in [1.165, 1.54) is 0 Å². The van der Waals surface area contributed by atoms with Crippen molar-refractivity contribution in [3.05, 3.63) is 29.8 Å². The van der Waals surface area contributed by atoms with Crippen LogP contribution in [0.4, 0.5) is 5.69 Å². The first-order valence-corrected chi connectivity index (χ1v) is 6.65. The molecular weight excluding hydrogens is 256 g/mol. The van der Waals surface area contributed by atoms with Crippen molar-refractivity contribution >= 4 is 17.6 Å². The first-order chi connectivity index (χ1) is 9.61. The molecule has 104 valence electrons. The van der Waals surface area contributed by atoms with Crippen LogP contribution in [0.3, 0.4) is 0 Å². The minimum Gasteiger partial charge on any atom is -0.481 e. The lowest BCUT2D eigenvalue weighted by Crippen LogP contribution is -2.36. The van der Waals surface area contributed by atoms with Crippen molar-refractivity contribution in [1.82, 2.24) is 0 Å². The van der Waals surface area contributed by atoms with E-state index >= 15 is 0 Å². The number of benzene rings is 1. The van der Waals surface area contributed by atoms with Gasteiger partial charge in [-0.05, 0) is 37.1 Å². The summed E-state index contributed by atoms with van der Waals surface area (Å²) in [5.41, 5.74) is 1.10. The molecule has 20 heavy (non-hydrogen) atoms. The fourth-order valence-electron chi connectivity index (χ4n) is 2.60. The standard InChI is InChI=1S/C15H16N2O3/c16-9-10-5-7-11(8-6-10)17-14(18)12-3-1-2-4-13(12)15(19)20/h5-8,12-13H,1-4H2,(H,17,18)(H,19,20)/t12-,13-/m0/s1. The monoisotopic (exact) mass is 272 g/mol. The number of carboxylic acids is 1. The number of hydrogen-bond acceptors (Lipinski definition) is 3. The fourth-order valence-corrected chi connectivity index (χ4v) is 2.60. The first kappa shape index (κ1) is 14.1. The molecule has 2 N–H and O–H groups in total. The Morgan fingerprint density at radius 1 is 1.15 bits per heavy atom. The number of anilines is 1. The molecule has 1 aromatic carbocycles. The molecule has 0 bridgehead atoms. The lowest BCUT2D eigenvalue weighted by Gasteiger charge is -2.27. The van der Waals surface area contributed by atoms with Crippen molar-refractivity contribution in [2.75, 3.05) is 5.32 Å². The number of hydrogen-bond donors (Lipinski definition) is 2. The Labute approximate surface area is 117 Å². The van der Waals surface area contributed by atoms with Gasteiger partial charge in [-0.1, -0.05) is 12.8 Å². The van der Waals surface area contributed by atoms with E-state index < -0.39 is 17.8 Å². The maximum atomic E-state index is 12.2. The molecule has 2 atom stereocenters. The molecule has 1 fully saturated rings. The highest BCUT2D eigenvalue weighted by Gasteiger charge is 2.35. The highest BCUT2D eigenvalue weighted by molar-refractivity contribution is 5.95. The molecule has 2 rings (SSSR count). The molecule has 5 nitrogen and oxygen atoms in total. The number of nitrogens with zero attached hydrogens (tertiary/aromatic N) is 1. The Bertz CT molecular complexity index is 545. The zero-order valence-electron chi connectivity index (χ0n) is 11.0. The predicted octanol–water partition coefficient (Wildman–Crippen LogP) is 2.39. The van der Waals surface area contributed by atoms with Crippen molar-refractivity contribution < 1.29 is 14.7 Å². The molecular formula is C15H16N2O3. The summed E-state index contributed by atoms with van der Waals surface area (Å²) in [7, 11) is 0. The Morgan fingerprint density at radius 3 is 2.30 bits per heavy atom. The quantitative estimate of drug-likeness (QED) is 0.884. The minimum absolute atomic E-state index is 0.248. The van der Waals surface area contributed by atoms with E-state index in [0.717, 1.165) is 12.8 Å². The summed E-state index contributed by atoms with van der Waals surface area (Å²) in [6, 6.07) is 8.53. The fraction of sp³-hybridized carbons (Fsp3) is 0.400. The molecule has 0 heterocycles. The molecule has 1 saturated carbocycles. The van der Waals surface area contributed by atoms with Gasteiger partial charge in [0.15, 0.2) is 0 Å². The maximum absolute atomic E-state index is 12.2. The van der Waals surface area contributed by atoms with Crippen LogP contribution in [0.5, 0.6) is 0 Å². The van der Waals surface area contributed by atoms with Crippen LogP contribution in [0.2, 0.25) is 0 Å². The van der Waals surface area contributed by atoms with Crippen LogP contribution in [0.25, 0.3) is 0 Å². The van der Waals surface area contributed by atoms with Crippen LogP contribution < -0.4 is 5.32 Å². The van der Waals surface area contributed by atoms with Gasteiger partial charge in [-0.15, -0.1) is 0 Å². The molecule has 0 aliphatic heterocycles. The third kappa shape index (κ3) is 3.15. The maximum Gasteiger partial charge on any atom is 0.307 e. The molecule has 0 unspecified atom stereocenters. The summed E-state index contributed by atoms with van der Waals surface area (Å²) in [5, 5.41) is 20.6. The van der Waals surface area contributed by atoms with E-state index in [9.17, 15) is 14.7 Å². The molecule has 0 saturated heterocycles. The number of nitrogens with one attached hydrogen (secondary N) is 1. The second-order valence-electron chi connectivity index (χ2n) is 5.01. The first-order valence-electron chi connectivity index (χ1n) is 6.65. The van der Waals surface area contributed by atoms with Gasteiger partial charge in [0.05, 0.1) is 23.5 Å². The van der Waals surface area contributed by atoms with Crippen LogP contribution in [0, 0.1) is 23.2 Å². The number of carboxylic acid groups (broad SMARTS) is 1. The second-order valence-corrected chi connectivity index (χ2v) is 5.01. The van der Waals surface area contributed by atoms with Crippen LogP contribution >= 0.6 is 0 Å². The number of carbonyl (C=O) groups is 2. The summed E-state index contributed by atoms with van der Waals surface area (Å²) >= 11 is 0. The van der Waals surface area contributed by atoms with Crippen molar-refractivity contribution in [2.24, 2.45) is 11.8 Å². The van der Waals surface area contributed by atoms with Gasteiger partial charge in [0.2, 0.25) is 5.91 Å². The molecule has 5 heteroatoms. The van der Waals surface area contributed by atoms with Crippen molar-refractivity contribution in [1.29, 1.82) is 5.26 Å². The van der Waals surface area contributed by atoms with E-state index in [4.69, 9.17) is 5.26 Å². The van der Waals surface area contributed by atoms with Gasteiger partial charge < -0.3 is 10.4 Å². The largest absolute Gasteiger partial charge is 0.481 e. The summed E-state index contributed by atoms with van der Waals surface area (Å²) in [6.45, 7) is 0. The molecule has 1 amide bonds. The molecule has 1 aliphatic carbocycles. The zero-order chi connectivity index (χ0) is 14.5. The highest BCUT2D eigenvalue weighted by atomic mass is 16.4. The Hall–Kier alpha value is -2.35. The predicted molar refractivity (Wildman–Crippen MR) is 72.9 cm³/mol. The lowest BCUT2D eigenvalue weighted by atomic mass is 9.78. The third-order valence-corrected chi connectivity index (χ3v) is 3.70. The molecule has 1 aliphatic rings. The van der Waals surface area contributed by atoms with Crippen molar-refractivity contribution in [3.63, 3.8) is 0 Å². The van der Waals surface area contributed by atoms with Gasteiger partial charge >= 0.3 is 5.97 Å². The summed E-state index contributed by atoms with van der Waals surface area (Å²) < 4.78 is 0. The van der Waals surface area contributed by atoms with Gasteiger partial charge in [0.1, 0.15) is 0 Å². The lowest BCUT2D eigenvalue weighted by molar-refractivity contribution is -0.147. The summed E-state index contributed by atoms with van der Waals surface area (Å²) in [6.07, 6.45) is 2.91. The molecule has 0 aromatic heterocycles. The van der Waals surface area contributed by atoms with Gasteiger partial charge in [-0.2, -0.15) is 5.26 Å². The van der Waals surface area contributed by atoms with Crippen molar-refractivity contribution in [2.45, 2.75) is 25.7 Å². The topological polar surface area (TPSA) is 90.2 Å². The number of aliphatic carboxylic acids is 1. The van der Waals surface area contributed by atoms with Gasteiger partial charge in [0.25, 0.3) is 0 Å². The summed E-state index contributed by atoms with van der Waals surface area (Å²) in [4.78, 5) is 23.4. The van der Waals surface area contributed by atoms with Crippen LogP contribution in [-0.4, -0.2) is 17.0 Å². The van der Waals surface area contributed by atoms with Crippen LogP contribution in [-0.2, 0) is 9.59 Å². The molecule has 0 spiro atoms. The normalized spacial score (nSPS) is 21.8.